The van der Waals surface area contributed by atoms with Crippen LogP contribution in [0.3, 0.4) is 0 Å². The summed E-state index contributed by atoms with van der Waals surface area (Å²) < 4.78 is 2.11. The Morgan fingerprint density at radius 3 is 1.67 bits per heavy atom. The molecule has 4 aromatic rings. The first-order valence-corrected chi connectivity index (χ1v) is 12.2. The molecule has 33 heavy (non-hydrogen) atoms. The van der Waals surface area contributed by atoms with Crippen molar-refractivity contribution >= 4 is 11.6 Å². The predicted molar refractivity (Wildman–Crippen MR) is 135 cm³/mol. The van der Waals surface area contributed by atoms with Crippen molar-refractivity contribution in [2.75, 3.05) is 13.1 Å². The van der Waals surface area contributed by atoms with Crippen LogP contribution >= 0.6 is 11.6 Å². The highest BCUT2D eigenvalue weighted by molar-refractivity contribution is 6.29. The first-order chi connectivity index (χ1) is 16.3. The minimum Gasteiger partial charge on any atom is -0.336 e. The molecule has 1 fully saturated rings. The number of piperidine rings is 1. The molecule has 5 rings (SSSR count). The van der Waals surface area contributed by atoms with E-state index in [-0.39, 0.29) is 5.54 Å². The zero-order valence-corrected chi connectivity index (χ0v) is 19.6. The van der Waals surface area contributed by atoms with Gasteiger partial charge in [0.1, 0.15) is 5.15 Å². The first kappa shape index (κ1) is 21.9. The van der Waals surface area contributed by atoms with E-state index in [0.717, 1.165) is 26.1 Å². The summed E-state index contributed by atoms with van der Waals surface area (Å²) >= 11 is 5.99. The van der Waals surface area contributed by atoms with E-state index in [9.17, 15) is 0 Å². The van der Waals surface area contributed by atoms with Crippen LogP contribution in [-0.4, -0.2) is 27.5 Å². The monoisotopic (exact) mass is 455 g/mol. The maximum Gasteiger partial charge on any atom is 0.146 e. The van der Waals surface area contributed by atoms with Crippen molar-refractivity contribution in [1.82, 2.24) is 14.5 Å². The Bertz CT molecular complexity index is 1040. The van der Waals surface area contributed by atoms with Crippen LogP contribution in [0.25, 0.3) is 0 Å². The van der Waals surface area contributed by atoms with E-state index in [1.807, 2.05) is 12.5 Å². The summed E-state index contributed by atoms with van der Waals surface area (Å²) in [4.78, 5) is 6.85. The molecule has 168 valence electrons. The standard InChI is InChI=1S/C29H30ClN3/c30-28-22-32(23-31-28)19-16-24-17-20-33(21-18-24)29(25-10-4-1-5-11-25,26-12-6-2-7-13-26)27-14-8-3-9-15-27/h1-15,22-24H,16-21H2. The molecule has 2 heterocycles. The second-order valence-corrected chi connectivity index (χ2v) is 9.35. The van der Waals surface area contributed by atoms with Gasteiger partial charge in [-0.25, -0.2) is 4.98 Å². The van der Waals surface area contributed by atoms with E-state index in [4.69, 9.17) is 11.6 Å². The van der Waals surface area contributed by atoms with E-state index in [1.165, 1.54) is 29.5 Å². The minimum absolute atomic E-state index is 0.299. The molecule has 0 radical (unpaired) electrons. The minimum atomic E-state index is -0.299. The van der Waals surface area contributed by atoms with E-state index in [0.29, 0.717) is 11.1 Å². The van der Waals surface area contributed by atoms with Crippen LogP contribution in [0.4, 0.5) is 0 Å². The van der Waals surface area contributed by atoms with Gasteiger partial charge < -0.3 is 4.57 Å². The highest BCUT2D eigenvalue weighted by atomic mass is 35.5. The average Bonchev–Trinajstić information content (AvgIpc) is 3.31. The van der Waals surface area contributed by atoms with Gasteiger partial charge in [-0.2, -0.15) is 0 Å². The molecule has 0 amide bonds. The smallest absolute Gasteiger partial charge is 0.146 e. The van der Waals surface area contributed by atoms with Gasteiger partial charge in [0.05, 0.1) is 11.9 Å². The lowest BCUT2D eigenvalue weighted by Gasteiger charge is -2.48. The van der Waals surface area contributed by atoms with Crippen molar-refractivity contribution in [3.8, 4) is 0 Å². The zero-order valence-electron chi connectivity index (χ0n) is 18.9. The summed E-state index contributed by atoms with van der Waals surface area (Å²) in [5.74, 6) is 0.711. The molecule has 3 nitrogen and oxygen atoms in total. The third-order valence-corrected chi connectivity index (χ3v) is 7.26. The van der Waals surface area contributed by atoms with Crippen LogP contribution in [0, 0.1) is 5.92 Å². The third kappa shape index (κ3) is 4.48. The first-order valence-electron chi connectivity index (χ1n) is 11.9. The van der Waals surface area contributed by atoms with Crippen molar-refractivity contribution in [2.45, 2.75) is 31.3 Å². The molecule has 3 aromatic carbocycles. The van der Waals surface area contributed by atoms with Crippen LogP contribution in [0.5, 0.6) is 0 Å². The molecular formula is C29H30ClN3. The number of aryl methyl sites for hydroxylation is 1. The van der Waals surface area contributed by atoms with Gasteiger partial charge in [-0.3, -0.25) is 4.90 Å². The Morgan fingerprint density at radius 2 is 1.24 bits per heavy atom. The van der Waals surface area contributed by atoms with Crippen LogP contribution < -0.4 is 0 Å². The summed E-state index contributed by atoms with van der Waals surface area (Å²) in [5.41, 5.74) is 3.68. The number of aromatic nitrogens is 2. The van der Waals surface area contributed by atoms with E-state index >= 15 is 0 Å². The number of hydrogen-bond acceptors (Lipinski definition) is 2. The number of likely N-dealkylation sites (tertiary alicyclic amines) is 1. The van der Waals surface area contributed by atoms with Gasteiger partial charge in [-0.1, -0.05) is 103 Å². The molecule has 0 N–H and O–H groups in total. The predicted octanol–water partition coefficient (Wildman–Crippen LogP) is 6.63. The molecule has 0 atom stereocenters. The molecule has 0 aliphatic carbocycles. The van der Waals surface area contributed by atoms with Crippen LogP contribution in [0.1, 0.15) is 36.0 Å². The highest BCUT2D eigenvalue weighted by Crippen LogP contribution is 2.44. The quantitative estimate of drug-likeness (QED) is 0.291. The van der Waals surface area contributed by atoms with Crippen molar-refractivity contribution in [3.63, 3.8) is 0 Å². The normalized spacial score (nSPS) is 15.5. The molecule has 1 aliphatic rings. The largest absolute Gasteiger partial charge is 0.336 e. The molecule has 1 aliphatic heterocycles. The average molecular weight is 456 g/mol. The van der Waals surface area contributed by atoms with E-state index in [1.54, 1.807) is 0 Å². The van der Waals surface area contributed by atoms with Gasteiger partial charge in [0, 0.05) is 12.7 Å². The van der Waals surface area contributed by atoms with Gasteiger partial charge in [0.15, 0.2) is 0 Å². The van der Waals surface area contributed by atoms with Gasteiger partial charge >= 0.3 is 0 Å². The molecule has 0 unspecified atom stereocenters. The molecule has 4 heteroatoms. The number of benzene rings is 3. The summed E-state index contributed by atoms with van der Waals surface area (Å²) in [6.07, 6.45) is 7.30. The summed E-state index contributed by atoms with van der Waals surface area (Å²) in [6.45, 7) is 3.10. The Labute approximate surface area is 201 Å². The topological polar surface area (TPSA) is 21.1 Å². The van der Waals surface area contributed by atoms with Crippen molar-refractivity contribution in [3.05, 3.63) is 125 Å². The number of halogens is 1. The van der Waals surface area contributed by atoms with Gasteiger partial charge in [0.2, 0.25) is 0 Å². The lowest BCUT2D eigenvalue weighted by Crippen LogP contribution is -2.51. The van der Waals surface area contributed by atoms with Gasteiger partial charge in [0.25, 0.3) is 0 Å². The fourth-order valence-corrected chi connectivity index (χ4v) is 5.60. The SMILES string of the molecule is Clc1cn(CCC2CCN(C(c3ccccc3)(c3ccccc3)c3ccccc3)CC2)cn1. The zero-order chi connectivity index (χ0) is 22.5. The molecule has 0 spiro atoms. The Balaban J connectivity index is 1.47. The number of nitrogens with zero attached hydrogens (tertiary/aromatic N) is 3. The molecule has 0 saturated carbocycles. The van der Waals surface area contributed by atoms with Crippen LogP contribution in [-0.2, 0) is 12.1 Å². The van der Waals surface area contributed by atoms with E-state index < -0.39 is 0 Å². The second kappa shape index (κ2) is 9.94. The molecule has 1 aromatic heterocycles. The second-order valence-electron chi connectivity index (χ2n) is 8.96. The van der Waals surface area contributed by atoms with Crippen molar-refractivity contribution < 1.29 is 0 Å². The van der Waals surface area contributed by atoms with Gasteiger partial charge in [-0.15, -0.1) is 0 Å². The Kier molecular flexibility index (Phi) is 6.61. The lowest BCUT2D eigenvalue weighted by atomic mass is 9.74. The Morgan fingerprint density at radius 1 is 0.758 bits per heavy atom. The highest BCUT2D eigenvalue weighted by Gasteiger charge is 2.43. The van der Waals surface area contributed by atoms with Crippen molar-refractivity contribution in [2.24, 2.45) is 5.92 Å². The third-order valence-electron chi connectivity index (χ3n) is 7.06. The van der Waals surface area contributed by atoms with E-state index in [2.05, 4.69) is 105 Å². The van der Waals surface area contributed by atoms with Crippen molar-refractivity contribution in [1.29, 1.82) is 0 Å². The Hall–Kier alpha value is -2.88. The lowest BCUT2D eigenvalue weighted by molar-refractivity contribution is 0.0978. The summed E-state index contributed by atoms with van der Waals surface area (Å²) in [6, 6.07) is 33.0. The van der Waals surface area contributed by atoms with Crippen LogP contribution in [0.2, 0.25) is 5.15 Å². The molecule has 1 saturated heterocycles. The number of rotatable bonds is 7. The van der Waals surface area contributed by atoms with Gasteiger partial charge in [-0.05, 0) is 55.0 Å². The maximum absolute atomic E-state index is 5.99. The molecular weight excluding hydrogens is 426 g/mol. The fourth-order valence-electron chi connectivity index (χ4n) is 5.43. The van der Waals surface area contributed by atoms with Crippen LogP contribution in [0.15, 0.2) is 104 Å². The number of hydrogen-bond donors (Lipinski definition) is 0. The number of imidazole rings is 1. The molecule has 0 bridgehead atoms. The fraction of sp³-hybridized carbons (Fsp3) is 0.276. The maximum atomic E-state index is 5.99. The summed E-state index contributed by atoms with van der Waals surface area (Å²) in [5, 5.41) is 0.572. The summed E-state index contributed by atoms with van der Waals surface area (Å²) in [7, 11) is 0.